The zero-order valence-corrected chi connectivity index (χ0v) is 9.02. The number of hydrogen-bond acceptors (Lipinski definition) is 3. The van der Waals surface area contributed by atoms with Gasteiger partial charge in [-0.3, -0.25) is 9.59 Å². The maximum atomic E-state index is 11.2. The molecule has 0 saturated carbocycles. The van der Waals surface area contributed by atoms with E-state index in [4.69, 9.17) is 5.11 Å². The van der Waals surface area contributed by atoms with Crippen LogP contribution in [0.3, 0.4) is 0 Å². The summed E-state index contributed by atoms with van der Waals surface area (Å²) in [6.07, 6.45) is 1.55. The zero-order chi connectivity index (χ0) is 12.6. The Kier molecular flexibility index (Phi) is 6.34. The van der Waals surface area contributed by atoms with Crippen LogP contribution >= 0.6 is 0 Å². The molecule has 0 spiro atoms. The summed E-state index contributed by atoms with van der Waals surface area (Å²) < 4.78 is 0. The Bertz CT molecular complexity index is 290. The number of hydrogen-bond donors (Lipinski definition) is 3. The van der Waals surface area contributed by atoms with Gasteiger partial charge in [0, 0.05) is 13.6 Å². The van der Waals surface area contributed by atoms with Crippen LogP contribution < -0.4 is 10.6 Å². The van der Waals surface area contributed by atoms with Crippen LogP contribution in [-0.4, -0.2) is 54.6 Å². The van der Waals surface area contributed by atoms with Gasteiger partial charge >= 0.3 is 12.0 Å². The number of carbonyl (C=O) groups excluding carboxylic acids is 2. The second kappa shape index (κ2) is 7.27. The topological polar surface area (TPSA) is 98.7 Å². The highest BCUT2D eigenvalue weighted by Crippen LogP contribution is 1.83. The summed E-state index contributed by atoms with van der Waals surface area (Å²) in [5.41, 5.74) is 0. The van der Waals surface area contributed by atoms with Gasteiger partial charge < -0.3 is 20.6 Å². The SMILES string of the molecule is C=CCN(C)C(=O)NCC(=O)NCC(=O)O. The van der Waals surface area contributed by atoms with Crippen LogP contribution in [0, 0.1) is 0 Å². The molecule has 90 valence electrons. The predicted octanol–water partition coefficient (Wildman–Crippen LogP) is -0.985. The molecule has 16 heavy (non-hydrogen) atoms. The normalized spacial score (nSPS) is 9.06. The molecule has 0 aliphatic heterocycles. The summed E-state index contributed by atoms with van der Waals surface area (Å²) in [7, 11) is 1.55. The van der Waals surface area contributed by atoms with Crippen LogP contribution in [0.1, 0.15) is 0 Å². The van der Waals surface area contributed by atoms with Gasteiger partial charge in [-0.25, -0.2) is 4.79 Å². The molecule has 0 atom stereocenters. The van der Waals surface area contributed by atoms with E-state index in [1.54, 1.807) is 13.1 Å². The summed E-state index contributed by atoms with van der Waals surface area (Å²) in [6.45, 7) is 3.11. The van der Waals surface area contributed by atoms with Crippen molar-refractivity contribution < 1.29 is 19.5 Å². The van der Waals surface area contributed by atoms with Crippen molar-refractivity contribution in [1.82, 2.24) is 15.5 Å². The number of amides is 3. The highest BCUT2D eigenvalue weighted by molar-refractivity contribution is 5.86. The van der Waals surface area contributed by atoms with E-state index in [-0.39, 0.29) is 6.54 Å². The molecule has 0 bridgehead atoms. The van der Waals surface area contributed by atoms with Gasteiger partial charge in [-0.05, 0) is 0 Å². The van der Waals surface area contributed by atoms with Crippen molar-refractivity contribution in [2.75, 3.05) is 26.7 Å². The lowest BCUT2D eigenvalue weighted by Crippen LogP contribution is -2.43. The van der Waals surface area contributed by atoms with Crippen molar-refractivity contribution in [3.05, 3.63) is 12.7 Å². The molecule has 3 N–H and O–H groups in total. The molecule has 0 unspecified atom stereocenters. The highest BCUT2D eigenvalue weighted by Gasteiger charge is 2.09. The van der Waals surface area contributed by atoms with Crippen LogP contribution in [0.5, 0.6) is 0 Å². The Morgan fingerprint density at radius 1 is 1.31 bits per heavy atom. The van der Waals surface area contributed by atoms with E-state index < -0.39 is 24.5 Å². The van der Waals surface area contributed by atoms with E-state index in [9.17, 15) is 14.4 Å². The molecular formula is C9H15N3O4. The number of carboxylic acids is 1. The van der Waals surface area contributed by atoms with Crippen molar-refractivity contribution in [3.8, 4) is 0 Å². The zero-order valence-electron chi connectivity index (χ0n) is 9.02. The van der Waals surface area contributed by atoms with Gasteiger partial charge in [0.2, 0.25) is 5.91 Å². The molecule has 0 aromatic carbocycles. The minimum Gasteiger partial charge on any atom is -0.480 e. The number of likely N-dealkylation sites (N-methyl/N-ethyl adjacent to an activating group) is 1. The van der Waals surface area contributed by atoms with Crippen molar-refractivity contribution in [1.29, 1.82) is 0 Å². The smallest absolute Gasteiger partial charge is 0.322 e. The minimum atomic E-state index is -1.14. The van der Waals surface area contributed by atoms with Gasteiger partial charge in [-0.2, -0.15) is 0 Å². The van der Waals surface area contributed by atoms with Crippen LogP contribution in [0.15, 0.2) is 12.7 Å². The summed E-state index contributed by atoms with van der Waals surface area (Å²) in [6, 6.07) is -0.426. The Hall–Kier alpha value is -2.05. The third-order valence-electron chi connectivity index (χ3n) is 1.59. The molecule has 0 aliphatic carbocycles. The molecule has 0 aromatic heterocycles. The van der Waals surface area contributed by atoms with Gasteiger partial charge in [-0.1, -0.05) is 6.08 Å². The molecule has 7 nitrogen and oxygen atoms in total. The van der Waals surface area contributed by atoms with Gasteiger partial charge in [-0.15, -0.1) is 6.58 Å². The van der Waals surface area contributed by atoms with Crippen molar-refractivity contribution in [3.63, 3.8) is 0 Å². The molecule has 3 amide bonds. The van der Waals surface area contributed by atoms with Crippen LogP contribution in [0.2, 0.25) is 0 Å². The quantitative estimate of drug-likeness (QED) is 0.509. The fourth-order valence-corrected chi connectivity index (χ4v) is 0.804. The number of nitrogens with zero attached hydrogens (tertiary/aromatic N) is 1. The second-order valence-corrected chi connectivity index (χ2v) is 3.00. The minimum absolute atomic E-state index is 0.256. The number of urea groups is 1. The standard InChI is InChI=1S/C9H15N3O4/c1-3-4-12(2)9(16)11-5-7(13)10-6-8(14)15/h3H,1,4-6H2,2H3,(H,10,13)(H,11,16)(H,14,15). The van der Waals surface area contributed by atoms with E-state index in [0.717, 1.165) is 0 Å². The molecule has 0 saturated heterocycles. The number of aliphatic carboxylic acids is 1. The van der Waals surface area contributed by atoms with Gasteiger partial charge in [0.1, 0.15) is 6.54 Å². The number of carbonyl (C=O) groups is 3. The number of carboxylic acid groups (broad SMARTS) is 1. The first kappa shape index (κ1) is 13.9. The molecule has 7 heteroatoms. The molecule has 0 radical (unpaired) electrons. The van der Waals surface area contributed by atoms with E-state index >= 15 is 0 Å². The number of nitrogens with one attached hydrogen (secondary N) is 2. The first-order valence-corrected chi connectivity index (χ1v) is 4.55. The van der Waals surface area contributed by atoms with Gasteiger partial charge in [0.25, 0.3) is 0 Å². The van der Waals surface area contributed by atoms with Gasteiger partial charge in [0.05, 0.1) is 6.54 Å². The molecule has 0 fully saturated rings. The monoisotopic (exact) mass is 229 g/mol. The van der Waals surface area contributed by atoms with Crippen molar-refractivity contribution in [2.24, 2.45) is 0 Å². The van der Waals surface area contributed by atoms with Gasteiger partial charge in [0.15, 0.2) is 0 Å². The average Bonchev–Trinajstić information content (AvgIpc) is 2.23. The maximum absolute atomic E-state index is 11.2. The Morgan fingerprint density at radius 3 is 2.44 bits per heavy atom. The van der Waals surface area contributed by atoms with Crippen LogP contribution in [0.25, 0.3) is 0 Å². The lowest BCUT2D eigenvalue weighted by Gasteiger charge is -2.15. The van der Waals surface area contributed by atoms with E-state index in [0.29, 0.717) is 6.54 Å². The fourth-order valence-electron chi connectivity index (χ4n) is 0.804. The van der Waals surface area contributed by atoms with Crippen molar-refractivity contribution in [2.45, 2.75) is 0 Å². The maximum Gasteiger partial charge on any atom is 0.322 e. The summed E-state index contributed by atoms with van der Waals surface area (Å²) in [5, 5.41) is 12.7. The highest BCUT2D eigenvalue weighted by atomic mass is 16.4. The Balaban J connectivity index is 3.78. The first-order chi connectivity index (χ1) is 7.47. The molecule has 0 aromatic rings. The Labute approximate surface area is 93.1 Å². The molecular weight excluding hydrogens is 214 g/mol. The fraction of sp³-hybridized carbons (Fsp3) is 0.444. The third kappa shape index (κ3) is 6.41. The lowest BCUT2D eigenvalue weighted by atomic mass is 10.5. The molecule has 0 aliphatic rings. The van der Waals surface area contributed by atoms with Crippen LogP contribution in [-0.2, 0) is 9.59 Å². The third-order valence-corrected chi connectivity index (χ3v) is 1.59. The van der Waals surface area contributed by atoms with Crippen LogP contribution in [0.4, 0.5) is 4.79 Å². The summed E-state index contributed by atoms with van der Waals surface area (Å²) in [5.74, 6) is -1.69. The van der Waals surface area contributed by atoms with E-state index in [2.05, 4.69) is 17.2 Å². The Morgan fingerprint density at radius 2 is 1.94 bits per heavy atom. The summed E-state index contributed by atoms with van der Waals surface area (Å²) in [4.78, 5) is 33.7. The lowest BCUT2D eigenvalue weighted by molar-refractivity contribution is -0.137. The summed E-state index contributed by atoms with van der Waals surface area (Å²) >= 11 is 0. The van der Waals surface area contributed by atoms with Crippen molar-refractivity contribution >= 4 is 17.9 Å². The van der Waals surface area contributed by atoms with E-state index in [1.807, 2.05) is 0 Å². The second-order valence-electron chi connectivity index (χ2n) is 3.00. The predicted molar refractivity (Wildman–Crippen MR) is 56.9 cm³/mol. The first-order valence-electron chi connectivity index (χ1n) is 4.55. The number of rotatable bonds is 6. The molecule has 0 heterocycles. The van der Waals surface area contributed by atoms with E-state index in [1.165, 1.54) is 4.90 Å². The average molecular weight is 229 g/mol. The largest absolute Gasteiger partial charge is 0.480 e. The molecule has 0 rings (SSSR count).